The van der Waals surface area contributed by atoms with Crippen molar-refractivity contribution in [2.24, 2.45) is 16.8 Å². The Morgan fingerprint density at radius 2 is 1.93 bits per heavy atom. The van der Waals surface area contributed by atoms with Crippen LogP contribution in [0.25, 0.3) is 32.1 Å². The van der Waals surface area contributed by atoms with Crippen molar-refractivity contribution >= 4 is 58.5 Å². The SMILES string of the molecule is C/C=C\N=C(C)C1CCN(c2ncc3c4c(c(-c5c(F)ccc6sc(C)c(C#N)c56)c(P)c3n2)COC4)C1.CCC.CCC(C)C. The molecule has 0 spiro atoms. The predicted molar refractivity (Wildman–Crippen MR) is 197 cm³/mol. The van der Waals surface area contributed by atoms with Gasteiger partial charge in [0.25, 0.3) is 0 Å². The molecule has 2 atom stereocenters. The van der Waals surface area contributed by atoms with Crippen molar-refractivity contribution in [3.63, 3.8) is 0 Å². The molecule has 2 aromatic carbocycles. The topological polar surface area (TPSA) is 74.4 Å². The van der Waals surface area contributed by atoms with Gasteiger partial charge < -0.3 is 9.64 Å². The van der Waals surface area contributed by atoms with Crippen molar-refractivity contribution in [1.29, 1.82) is 5.26 Å². The molecule has 46 heavy (non-hydrogen) atoms. The van der Waals surface area contributed by atoms with Crippen LogP contribution < -0.4 is 10.2 Å². The lowest BCUT2D eigenvalue weighted by molar-refractivity contribution is 0.135. The van der Waals surface area contributed by atoms with Crippen molar-refractivity contribution in [2.75, 3.05) is 18.0 Å². The number of nitriles is 1. The van der Waals surface area contributed by atoms with E-state index in [1.165, 1.54) is 30.2 Å². The molecule has 4 heterocycles. The molecule has 1 fully saturated rings. The molecule has 0 N–H and O–H groups in total. The van der Waals surface area contributed by atoms with Gasteiger partial charge in [-0.05, 0) is 56.4 Å². The number of nitrogens with zero attached hydrogens (tertiary/aromatic N) is 5. The third kappa shape index (κ3) is 7.33. The summed E-state index contributed by atoms with van der Waals surface area (Å²) < 4.78 is 22.5. The number of allylic oxidation sites excluding steroid dienone is 1. The highest BCUT2D eigenvalue weighted by Crippen LogP contribution is 2.44. The molecule has 0 saturated carbocycles. The molecule has 0 aliphatic carbocycles. The molecule has 6 rings (SSSR count). The molecular formula is C37H47FN5OPS. The van der Waals surface area contributed by atoms with Gasteiger partial charge in [-0.1, -0.05) is 53.5 Å². The van der Waals surface area contributed by atoms with Crippen LogP contribution in [0.15, 0.2) is 35.6 Å². The van der Waals surface area contributed by atoms with E-state index in [-0.39, 0.29) is 5.82 Å². The Morgan fingerprint density at radius 3 is 2.59 bits per heavy atom. The number of aromatic nitrogens is 2. The number of anilines is 1. The second-order valence-electron chi connectivity index (χ2n) is 12.3. The van der Waals surface area contributed by atoms with Gasteiger partial charge in [-0.2, -0.15) is 5.26 Å². The first-order valence-corrected chi connectivity index (χ1v) is 17.7. The first-order chi connectivity index (χ1) is 22.1. The molecule has 244 valence electrons. The summed E-state index contributed by atoms with van der Waals surface area (Å²) >= 11 is 1.52. The Morgan fingerprint density at radius 1 is 1.24 bits per heavy atom. The zero-order valence-corrected chi connectivity index (χ0v) is 30.5. The van der Waals surface area contributed by atoms with E-state index in [0.29, 0.717) is 41.6 Å². The highest BCUT2D eigenvalue weighted by molar-refractivity contribution is 7.29. The minimum Gasteiger partial charge on any atom is -0.372 e. The van der Waals surface area contributed by atoms with E-state index >= 15 is 4.39 Å². The fourth-order valence-corrected chi connectivity index (χ4v) is 7.21. The van der Waals surface area contributed by atoms with Crippen LogP contribution in [-0.4, -0.2) is 28.8 Å². The molecule has 9 heteroatoms. The summed E-state index contributed by atoms with van der Waals surface area (Å²) in [6, 6.07) is 5.57. The summed E-state index contributed by atoms with van der Waals surface area (Å²) in [4.78, 5) is 17.4. The number of aryl methyl sites for hydroxylation is 1. The zero-order chi connectivity index (χ0) is 33.5. The summed E-state index contributed by atoms with van der Waals surface area (Å²) in [7, 11) is 2.80. The lowest BCUT2D eigenvalue weighted by Crippen LogP contribution is -2.24. The molecule has 1 saturated heterocycles. The smallest absolute Gasteiger partial charge is 0.225 e. The second kappa shape index (κ2) is 16.0. The molecule has 4 aromatic rings. The van der Waals surface area contributed by atoms with Gasteiger partial charge in [0.1, 0.15) is 11.9 Å². The van der Waals surface area contributed by atoms with Crippen LogP contribution in [0.4, 0.5) is 10.3 Å². The van der Waals surface area contributed by atoms with Crippen LogP contribution >= 0.6 is 20.6 Å². The molecule has 0 radical (unpaired) electrons. The zero-order valence-electron chi connectivity index (χ0n) is 28.5. The minimum absolute atomic E-state index is 0.350. The fourth-order valence-electron chi connectivity index (χ4n) is 5.65. The number of aliphatic imine (C=N–C) groups is 1. The Bertz CT molecular complexity index is 1810. The molecule has 0 bridgehead atoms. The van der Waals surface area contributed by atoms with E-state index in [1.807, 2.05) is 32.3 Å². The van der Waals surface area contributed by atoms with E-state index in [1.54, 1.807) is 6.07 Å². The average Bonchev–Trinajstić information content (AvgIpc) is 3.80. The van der Waals surface area contributed by atoms with Crippen molar-refractivity contribution in [2.45, 2.75) is 87.9 Å². The number of hydrogen-bond donors (Lipinski definition) is 0. The van der Waals surface area contributed by atoms with E-state index in [4.69, 9.17) is 14.7 Å². The Kier molecular flexibility index (Phi) is 12.4. The third-order valence-corrected chi connectivity index (χ3v) is 10.1. The number of rotatable bonds is 5. The van der Waals surface area contributed by atoms with Gasteiger partial charge in [0, 0.05) is 73.9 Å². The van der Waals surface area contributed by atoms with Crippen molar-refractivity contribution in [1.82, 2.24) is 9.97 Å². The second-order valence-corrected chi connectivity index (χ2v) is 14.1. The van der Waals surface area contributed by atoms with Gasteiger partial charge in [-0.25, -0.2) is 14.4 Å². The first kappa shape index (κ1) is 35.6. The average molecular weight is 660 g/mol. The monoisotopic (exact) mass is 659 g/mol. The maximum absolute atomic E-state index is 15.7. The van der Waals surface area contributed by atoms with Crippen LogP contribution in [0.2, 0.25) is 0 Å². The highest BCUT2D eigenvalue weighted by Gasteiger charge is 2.30. The number of benzene rings is 2. The van der Waals surface area contributed by atoms with Crippen LogP contribution in [-0.2, 0) is 18.0 Å². The molecule has 2 aliphatic rings. The molecule has 2 unspecified atom stereocenters. The summed E-state index contributed by atoms with van der Waals surface area (Å²) in [5.74, 6) is 1.55. The van der Waals surface area contributed by atoms with Gasteiger partial charge in [-0.3, -0.25) is 4.99 Å². The van der Waals surface area contributed by atoms with Crippen LogP contribution in [0.1, 0.15) is 89.3 Å². The van der Waals surface area contributed by atoms with Gasteiger partial charge in [0.15, 0.2) is 0 Å². The standard InChI is InChI=1S/C29H27FN5OPS.C5H12.C3H8/c1-4-8-32-15(2)17-7-9-35(12-17)29-33-11-19-20-13-36-14-21(20)25(28(37)27(19)34-29)26-22(30)5-6-23-24(26)18(10-31)16(3)38-23;1-4-5(2)3;1-3-2/h4-6,8,11,17H,7,9,12-14,37H2,1-3H3;5H,4H2,1-3H3;3H2,1-2H3/b8-4-,32-15?;;. The summed E-state index contributed by atoms with van der Waals surface area (Å²) in [5, 5.41) is 12.3. The molecule has 2 aromatic heterocycles. The van der Waals surface area contributed by atoms with Gasteiger partial charge in [0.05, 0.1) is 24.3 Å². The number of ether oxygens (including phenoxy) is 1. The maximum Gasteiger partial charge on any atom is 0.225 e. The van der Waals surface area contributed by atoms with Crippen molar-refractivity contribution in [3.8, 4) is 17.2 Å². The fraction of sp³-hybridized carbons (Fsp3) is 0.459. The Labute approximate surface area is 280 Å². The van der Waals surface area contributed by atoms with Crippen molar-refractivity contribution in [3.05, 3.63) is 58.0 Å². The van der Waals surface area contributed by atoms with Gasteiger partial charge >= 0.3 is 0 Å². The number of fused-ring (bicyclic) bond motifs is 4. The lowest BCUT2D eigenvalue weighted by Gasteiger charge is -2.20. The first-order valence-electron chi connectivity index (χ1n) is 16.3. The minimum atomic E-state index is -0.350. The van der Waals surface area contributed by atoms with Crippen molar-refractivity contribution < 1.29 is 9.13 Å². The number of halogens is 1. The maximum atomic E-state index is 15.7. The quantitative estimate of drug-likeness (QED) is 0.158. The summed E-state index contributed by atoms with van der Waals surface area (Å²) in [6.45, 7) is 19.3. The van der Waals surface area contributed by atoms with E-state index in [0.717, 1.165) is 73.6 Å². The molecule has 6 nitrogen and oxygen atoms in total. The molecule has 0 amide bonds. The third-order valence-electron chi connectivity index (χ3n) is 8.43. The normalized spacial score (nSPS) is 16.1. The number of hydrogen-bond acceptors (Lipinski definition) is 7. The van der Waals surface area contributed by atoms with Crippen LogP contribution in [0, 0.1) is 35.9 Å². The van der Waals surface area contributed by atoms with E-state index in [2.05, 4.69) is 66.7 Å². The lowest BCUT2D eigenvalue weighted by atomic mass is 9.90. The Balaban J connectivity index is 0.000000541. The molecular weight excluding hydrogens is 612 g/mol. The largest absolute Gasteiger partial charge is 0.372 e. The Hall–Kier alpha value is -3.24. The van der Waals surface area contributed by atoms with Crippen LogP contribution in [0.5, 0.6) is 0 Å². The highest BCUT2D eigenvalue weighted by atomic mass is 32.1. The van der Waals surface area contributed by atoms with Gasteiger partial charge in [0.2, 0.25) is 5.95 Å². The predicted octanol–water partition coefficient (Wildman–Crippen LogP) is 9.65. The summed E-state index contributed by atoms with van der Waals surface area (Å²) in [6.07, 6.45) is 9.20. The summed E-state index contributed by atoms with van der Waals surface area (Å²) in [5.41, 5.74) is 5.54. The number of thiophene rings is 1. The van der Waals surface area contributed by atoms with E-state index in [9.17, 15) is 5.26 Å². The van der Waals surface area contributed by atoms with Gasteiger partial charge in [-0.15, -0.1) is 20.6 Å². The van der Waals surface area contributed by atoms with Crippen LogP contribution in [0.3, 0.4) is 0 Å². The van der Waals surface area contributed by atoms with E-state index < -0.39 is 0 Å². The molecule has 2 aliphatic heterocycles.